The number of carbonyl (C=O) groups is 2. The number of hydrogen-bond donors (Lipinski definition) is 3. The molecular weight excluding hydrogens is 230 g/mol. The Morgan fingerprint density at radius 2 is 1.89 bits per heavy atom. The summed E-state index contributed by atoms with van der Waals surface area (Å²) >= 11 is 0. The van der Waals surface area contributed by atoms with Gasteiger partial charge in [0, 0.05) is 18.8 Å². The molecule has 98 valence electrons. The second kappa shape index (κ2) is 6.76. The van der Waals surface area contributed by atoms with Gasteiger partial charge in [0.2, 0.25) is 0 Å². The Kier molecular flexibility index (Phi) is 5.32. The van der Waals surface area contributed by atoms with Crippen LogP contribution < -0.4 is 16.4 Å². The van der Waals surface area contributed by atoms with E-state index in [2.05, 4.69) is 10.6 Å². The Bertz CT molecular complexity index is 430. The van der Waals surface area contributed by atoms with Crippen molar-refractivity contribution >= 4 is 17.5 Å². The van der Waals surface area contributed by atoms with Crippen molar-refractivity contribution in [1.29, 1.82) is 0 Å². The highest BCUT2D eigenvalue weighted by Crippen LogP contribution is 2.23. The Labute approximate surface area is 107 Å². The van der Waals surface area contributed by atoms with Crippen LogP contribution >= 0.6 is 0 Å². The Hall–Kier alpha value is -1.88. The SMILES string of the molecule is CC(C)c1ccccc1NC(=O)C(=O)NCCN. The van der Waals surface area contributed by atoms with E-state index in [9.17, 15) is 9.59 Å². The lowest BCUT2D eigenvalue weighted by Crippen LogP contribution is -2.38. The van der Waals surface area contributed by atoms with Gasteiger partial charge < -0.3 is 16.4 Å². The molecule has 1 aromatic rings. The summed E-state index contributed by atoms with van der Waals surface area (Å²) in [5.74, 6) is -1.07. The molecule has 0 aromatic heterocycles. The minimum absolute atomic E-state index is 0.272. The third-order valence-electron chi connectivity index (χ3n) is 2.47. The molecule has 1 rings (SSSR count). The molecule has 0 aliphatic heterocycles. The molecule has 0 aliphatic carbocycles. The maximum Gasteiger partial charge on any atom is 0.313 e. The van der Waals surface area contributed by atoms with Gasteiger partial charge in [-0.3, -0.25) is 9.59 Å². The second-order valence-electron chi connectivity index (χ2n) is 4.24. The van der Waals surface area contributed by atoms with E-state index < -0.39 is 11.8 Å². The molecule has 0 aliphatic rings. The average Bonchev–Trinajstić information content (AvgIpc) is 2.36. The molecule has 0 bridgehead atoms. The minimum atomic E-state index is -0.670. The van der Waals surface area contributed by atoms with Gasteiger partial charge in [-0.05, 0) is 17.5 Å². The van der Waals surface area contributed by atoms with E-state index >= 15 is 0 Å². The monoisotopic (exact) mass is 249 g/mol. The lowest BCUT2D eigenvalue weighted by Gasteiger charge is -2.13. The molecule has 5 heteroatoms. The van der Waals surface area contributed by atoms with Gasteiger partial charge in [0.25, 0.3) is 0 Å². The van der Waals surface area contributed by atoms with Crippen molar-refractivity contribution in [2.75, 3.05) is 18.4 Å². The smallest absolute Gasteiger partial charge is 0.313 e. The third-order valence-corrected chi connectivity index (χ3v) is 2.47. The summed E-state index contributed by atoms with van der Waals surface area (Å²) in [6.45, 7) is 4.65. The molecule has 0 fully saturated rings. The number of hydrogen-bond acceptors (Lipinski definition) is 3. The van der Waals surface area contributed by atoms with Gasteiger partial charge in [-0.15, -0.1) is 0 Å². The van der Waals surface area contributed by atoms with E-state index in [0.29, 0.717) is 12.2 Å². The van der Waals surface area contributed by atoms with Crippen molar-refractivity contribution in [2.24, 2.45) is 5.73 Å². The fourth-order valence-corrected chi connectivity index (χ4v) is 1.56. The highest BCUT2D eigenvalue weighted by atomic mass is 16.2. The van der Waals surface area contributed by atoms with E-state index in [4.69, 9.17) is 5.73 Å². The maximum absolute atomic E-state index is 11.6. The average molecular weight is 249 g/mol. The summed E-state index contributed by atoms with van der Waals surface area (Å²) in [5.41, 5.74) is 6.91. The zero-order chi connectivity index (χ0) is 13.5. The Balaban J connectivity index is 2.73. The van der Waals surface area contributed by atoms with Gasteiger partial charge in [0.1, 0.15) is 0 Å². The lowest BCUT2D eigenvalue weighted by molar-refractivity contribution is -0.136. The molecule has 2 amide bonds. The van der Waals surface area contributed by atoms with E-state index in [1.165, 1.54) is 0 Å². The van der Waals surface area contributed by atoms with Crippen LogP contribution in [0.4, 0.5) is 5.69 Å². The first kappa shape index (κ1) is 14.2. The highest BCUT2D eigenvalue weighted by Gasteiger charge is 2.15. The number of benzene rings is 1. The summed E-state index contributed by atoms with van der Waals surface area (Å²) in [7, 11) is 0. The standard InChI is InChI=1S/C13H19N3O2/c1-9(2)10-5-3-4-6-11(10)16-13(18)12(17)15-8-7-14/h3-6,9H,7-8,14H2,1-2H3,(H,15,17)(H,16,18). The number of amides is 2. The van der Waals surface area contributed by atoms with Crippen molar-refractivity contribution < 1.29 is 9.59 Å². The van der Waals surface area contributed by atoms with Gasteiger partial charge in [-0.2, -0.15) is 0 Å². The summed E-state index contributed by atoms with van der Waals surface area (Å²) < 4.78 is 0. The van der Waals surface area contributed by atoms with E-state index in [0.717, 1.165) is 5.56 Å². The van der Waals surface area contributed by atoms with Gasteiger partial charge in [-0.1, -0.05) is 32.0 Å². The predicted molar refractivity (Wildman–Crippen MR) is 71.2 cm³/mol. The number of nitrogens with one attached hydrogen (secondary N) is 2. The van der Waals surface area contributed by atoms with Crippen LogP contribution in [0.25, 0.3) is 0 Å². The second-order valence-corrected chi connectivity index (χ2v) is 4.24. The summed E-state index contributed by atoms with van der Waals surface area (Å²) in [4.78, 5) is 23.0. The molecule has 0 unspecified atom stereocenters. The van der Waals surface area contributed by atoms with Crippen LogP contribution in [0.1, 0.15) is 25.3 Å². The number of anilines is 1. The molecule has 18 heavy (non-hydrogen) atoms. The zero-order valence-corrected chi connectivity index (χ0v) is 10.7. The first-order chi connectivity index (χ1) is 8.56. The molecule has 0 heterocycles. The van der Waals surface area contributed by atoms with Crippen LogP contribution in [-0.4, -0.2) is 24.9 Å². The van der Waals surface area contributed by atoms with Gasteiger partial charge in [-0.25, -0.2) is 0 Å². The van der Waals surface area contributed by atoms with E-state index in [-0.39, 0.29) is 12.5 Å². The first-order valence-corrected chi connectivity index (χ1v) is 5.94. The van der Waals surface area contributed by atoms with Crippen molar-refractivity contribution in [2.45, 2.75) is 19.8 Å². The van der Waals surface area contributed by atoms with Crippen LogP contribution in [0, 0.1) is 0 Å². The minimum Gasteiger partial charge on any atom is -0.347 e. The molecule has 5 nitrogen and oxygen atoms in total. The van der Waals surface area contributed by atoms with Crippen molar-refractivity contribution in [3.8, 4) is 0 Å². The molecule has 0 atom stereocenters. The molecule has 0 radical (unpaired) electrons. The quantitative estimate of drug-likeness (QED) is 0.691. The molecule has 0 saturated heterocycles. The van der Waals surface area contributed by atoms with Gasteiger partial charge in [0.05, 0.1) is 0 Å². The van der Waals surface area contributed by atoms with Gasteiger partial charge >= 0.3 is 11.8 Å². The van der Waals surface area contributed by atoms with Crippen LogP contribution in [-0.2, 0) is 9.59 Å². The zero-order valence-electron chi connectivity index (χ0n) is 10.7. The lowest BCUT2D eigenvalue weighted by atomic mass is 10.0. The summed E-state index contributed by atoms with van der Waals surface area (Å²) in [6, 6.07) is 7.43. The molecule has 0 spiro atoms. The van der Waals surface area contributed by atoms with E-state index in [1.54, 1.807) is 6.07 Å². The topological polar surface area (TPSA) is 84.2 Å². The fraction of sp³-hybridized carbons (Fsp3) is 0.385. The number of rotatable bonds is 4. The predicted octanol–water partition coefficient (Wildman–Crippen LogP) is 0.823. The van der Waals surface area contributed by atoms with Crippen LogP contribution in [0.5, 0.6) is 0 Å². The van der Waals surface area contributed by atoms with Crippen LogP contribution in [0.3, 0.4) is 0 Å². The largest absolute Gasteiger partial charge is 0.347 e. The number of nitrogens with two attached hydrogens (primary N) is 1. The summed E-state index contributed by atoms with van der Waals surface area (Å²) in [6.07, 6.45) is 0. The fourth-order valence-electron chi connectivity index (χ4n) is 1.56. The summed E-state index contributed by atoms with van der Waals surface area (Å²) in [5, 5.41) is 5.03. The normalized spacial score (nSPS) is 10.2. The molecule has 0 saturated carbocycles. The van der Waals surface area contributed by atoms with Crippen molar-refractivity contribution in [1.82, 2.24) is 5.32 Å². The Morgan fingerprint density at radius 1 is 1.22 bits per heavy atom. The van der Waals surface area contributed by atoms with Crippen molar-refractivity contribution in [3.63, 3.8) is 0 Å². The van der Waals surface area contributed by atoms with Crippen LogP contribution in [0.2, 0.25) is 0 Å². The Morgan fingerprint density at radius 3 is 2.50 bits per heavy atom. The molecule has 4 N–H and O–H groups in total. The number of carbonyl (C=O) groups excluding carboxylic acids is 2. The maximum atomic E-state index is 11.6. The molecular formula is C13H19N3O2. The molecule has 1 aromatic carbocycles. The highest BCUT2D eigenvalue weighted by molar-refractivity contribution is 6.39. The van der Waals surface area contributed by atoms with Crippen molar-refractivity contribution in [3.05, 3.63) is 29.8 Å². The first-order valence-electron chi connectivity index (χ1n) is 5.94. The van der Waals surface area contributed by atoms with E-state index in [1.807, 2.05) is 32.0 Å². The van der Waals surface area contributed by atoms with Crippen LogP contribution in [0.15, 0.2) is 24.3 Å². The number of para-hydroxylation sites is 1. The van der Waals surface area contributed by atoms with Gasteiger partial charge in [0.15, 0.2) is 0 Å². The third kappa shape index (κ3) is 3.85.